The summed E-state index contributed by atoms with van der Waals surface area (Å²) in [6.45, 7) is 0. The Labute approximate surface area is 82.5 Å². The second kappa shape index (κ2) is 4.14. The van der Waals surface area contributed by atoms with Gasteiger partial charge in [0.15, 0.2) is 0 Å². The molecule has 0 saturated carbocycles. The van der Waals surface area contributed by atoms with Crippen molar-refractivity contribution in [1.29, 1.82) is 0 Å². The van der Waals surface area contributed by atoms with Crippen LogP contribution in [0.3, 0.4) is 0 Å². The lowest BCUT2D eigenvalue weighted by atomic mass is 9.93. The Hall–Kier alpha value is -0.500. The van der Waals surface area contributed by atoms with Gasteiger partial charge in [0.05, 0.1) is 0 Å². The van der Waals surface area contributed by atoms with E-state index in [0.29, 0.717) is 5.92 Å². The SMILES string of the molecule is Fc1ccccc1C1CCSCC1. The molecule has 0 radical (unpaired) electrons. The molecule has 0 nitrogen and oxygen atoms in total. The first-order valence-corrected chi connectivity index (χ1v) is 5.85. The van der Waals surface area contributed by atoms with Crippen molar-refractivity contribution in [3.63, 3.8) is 0 Å². The van der Waals surface area contributed by atoms with E-state index in [0.717, 1.165) is 18.4 Å². The van der Waals surface area contributed by atoms with Crippen molar-refractivity contribution < 1.29 is 4.39 Å². The first kappa shape index (κ1) is 9.07. The second-order valence-corrected chi connectivity index (χ2v) is 4.63. The highest BCUT2D eigenvalue weighted by atomic mass is 32.2. The second-order valence-electron chi connectivity index (χ2n) is 3.41. The van der Waals surface area contributed by atoms with Gasteiger partial charge >= 0.3 is 0 Å². The molecular formula is C11H13FS. The molecule has 0 unspecified atom stereocenters. The Bertz CT molecular complexity index is 279. The van der Waals surface area contributed by atoms with Crippen LogP contribution in [0.2, 0.25) is 0 Å². The van der Waals surface area contributed by atoms with Crippen molar-refractivity contribution in [2.45, 2.75) is 18.8 Å². The van der Waals surface area contributed by atoms with Crippen molar-refractivity contribution >= 4 is 11.8 Å². The normalized spacial score (nSPS) is 18.8. The number of thioether (sulfide) groups is 1. The Morgan fingerprint density at radius 2 is 1.85 bits per heavy atom. The van der Waals surface area contributed by atoms with Crippen LogP contribution in [0.5, 0.6) is 0 Å². The van der Waals surface area contributed by atoms with Crippen molar-refractivity contribution in [1.82, 2.24) is 0 Å². The molecule has 0 N–H and O–H groups in total. The lowest BCUT2D eigenvalue weighted by Gasteiger charge is -2.21. The van der Waals surface area contributed by atoms with E-state index in [4.69, 9.17) is 0 Å². The van der Waals surface area contributed by atoms with Gasteiger partial charge in [-0.15, -0.1) is 0 Å². The van der Waals surface area contributed by atoms with Gasteiger partial charge in [0.1, 0.15) is 5.82 Å². The molecule has 70 valence electrons. The van der Waals surface area contributed by atoms with E-state index in [1.54, 1.807) is 12.1 Å². The fourth-order valence-corrected chi connectivity index (χ4v) is 2.92. The minimum Gasteiger partial charge on any atom is -0.207 e. The molecule has 2 rings (SSSR count). The molecule has 1 aliphatic rings. The summed E-state index contributed by atoms with van der Waals surface area (Å²) in [6.07, 6.45) is 2.26. The summed E-state index contributed by atoms with van der Waals surface area (Å²) in [4.78, 5) is 0. The highest BCUT2D eigenvalue weighted by Crippen LogP contribution is 2.32. The summed E-state index contributed by atoms with van der Waals surface area (Å²) in [7, 11) is 0. The number of rotatable bonds is 1. The number of benzene rings is 1. The molecule has 2 heteroatoms. The Morgan fingerprint density at radius 1 is 1.15 bits per heavy atom. The van der Waals surface area contributed by atoms with E-state index in [9.17, 15) is 4.39 Å². The van der Waals surface area contributed by atoms with Crippen LogP contribution in [-0.2, 0) is 0 Å². The fourth-order valence-electron chi connectivity index (χ4n) is 1.81. The van der Waals surface area contributed by atoms with Crippen LogP contribution in [0.4, 0.5) is 4.39 Å². The summed E-state index contributed by atoms with van der Waals surface area (Å²) in [5, 5.41) is 0. The predicted molar refractivity (Wildman–Crippen MR) is 55.7 cm³/mol. The average Bonchev–Trinajstić information content (AvgIpc) is 2.20. The third-order valence-electron chi connectivity index (χ3n) is 2.57. The summed E-state index contributed by atoms with van der Waals surface area (Å²) in [6, 6.07) is 7.18. The maximum absolute atomic E-state index is 13.4. The first-order valence-electron chi connectivity index (χ1n) is 4.70. The standard InChI is InChI=1S/C11H13FS/c12-11-4-2-1-3-10(11)9-5-7-13-8-6-9/h1-4,9H,5-8H2. The number of hydrogen-bond acceptors (Lipinski definition) is 1. The zero-order chi connectivity index (χ0) is 9.10. The van der Waals surface area contributed by atoms with E-state index in [1.807, 2.05) is 23.9 Å². The molecule has 0 bridgehead atoms. The largest absolute Gasteiger partial charge is 0.207 e. The fraction of sp³-hybridized carbons (Fsp3) is 0.455. The highest BCUT2D eigenvalue weighted by molar-refractivity contribution is 7.99. The summed E-state index contributed by atoms with van der Waals surface area (Å²) < 4.78 is 13.4. The molecule has 1 aromatic rings. The highest BCUT2D eigenvalue weighted by Gasteiger charge is 2.17. The van der Waals surface area contributed by atoms with Gasteiger partial charge in [-0.25, -0.2) is 4.39 Å². The van der Waals surface area contributed by atoms with E-state index in [2.05, 4.69) is 0 Å². The van der Waals surface area contributed by atoms with Crippen LogP contribution in [-0.4, -0.2) is 11.5 Å². The van der Waals surface area contributed by atoms with Crippen LogP contribution < -0.4 is 0 Å². The summed E-state index contributed by atoms with van der Waals surface area (Å²) in [5.74, 6) is 2.79. The quantitative estimate of drug-likeness (QED) is 0.663. The maximum Gasteiger partial charge on any atom is 0.126 e. The lowest BCUT2D eigenvalue weighted by Crippen LogP contribution is -2.09. The Kier molecular flexibility index (Phi) is 2.89. The molecule has 0 aromatic heterocycles. The number of hydrogen-bond donors (Lipinski definition) is 0. The van der Waals surface area contributed by atoms with E-state index in [1.165, 1.54) is 11.5 Å². The molecule has 0 aliphatic carbocycles. The van der Waals surface area contributed by atoms with Crippen molar-refractivity contribution in [3.8, 4) is 0 Å². The molecule has 13 heavy (non-hydrogen) atoms. The van der Waals surface area contributed by atoms with Crippen LogP contribution in [0.15, 0.2) is 24.3 Å². The first-order chi connectivity index (χ1) is 6.38. The molecule has 0 atom stereocenters. The molecule has 0 amide bonds. The van der Waals surface area contributed by atoms with Gasteiger partial charge in [0.2, 0.25) is 0 Å². The molecule has 1 fully saturated rings. The average molecular weight is 196 g/mol. The van der Waals surface area contributed by atoms with E-state index < -0.39 is 0 Å². The Balaban J connectivity index is 2.18. The predicted octanol–water partition coefficient (Wildman–Crippen LogP) is 3.44. The van der Waals surface area contributed by atoms with Gasteiger partial charge in [0.25, 0.3) is 0 Å². The zero-order valence-electron chi connectivity index (χ0n) is 7.50. The monoisotopic (exact) mass is 196 g/mol. The van der Waals surface area contributed by atoms with E-state index >= 15 is 0 Å². The third kappa shape index (κ3) is 2.05. The summed E-state index contributed by atoms with van der Waals surface area (Å²) >= 11 is 1.98. The van der Waals surface area contributed by atoms with Crippen molar-refractivity contribution in [3.05, 3.63) is 35.6 Å². The van der Waals surface area contributed by atoms with Gasteiger partial charge in [-0.2, -0.15) is 11.8 Å². The van der Waals surface area contributed by atoms with Crippen LogP contribution in [0, 0.1) is 5.82 Å². The third-order valence-corrected chi connectivity index (χ3v) is 3.62. The molecule has 1 saturated heterocycles. The smallest absolute Gasteiger partial charge is 0.126 e. The number of halogens is 1. The molecule has 1 aliphatic heterocycles. The molecular weight excluding hydrogens is 183 g/mol. The van der Waals surface area contributed by atoms with Crippen LogP contribution >= 0.6 is 11.8 Å². The van der Waals surface area contributed by atoms with Crippen LogP contribution in [0.1, 0.15) is 24.3 Å². The molecule has 0 spiro atoms. The minimum absolute atomic E-state index is 0.0283. The Morgan fingerprint density at radius 3 is 2.54 bits per heavy atom. The maximum atomic E-state index is 13.4. The summed E-state index contributed by atoms with van der Waals surface area (Å²) in [5.41, 5.74) is 0.919. The molecule has 1 aromatic carbocycles. The zero-order valence-corrected chi connectivity index (χ0v) is 8.32. The minimum atomic E-state index is -0.0283. The van der Waals surface area contributed by atoms with Crippen molar-refractivity contribution in [2.24, 2.45) is 0 Å². The molecule has 1 heterocycles. The van der Waals surface area contributed by atoms with Gasteiger partial charge in [0, 0.05) is 0 Å². The van der Waals surface area contributed by atoms with E-state index in [-0.39, 0.29) is 5.82 Å². The van der Waals surface area contributed by atoms with Gasteiger partial charge in [-0.05, 0) is 41.9 Å². The van der Waals surface area contributed by atoms with Gasteiger partial charge in [-0.3, -0.25) is 0 Å². The topological polar surface area (TPSA) is 0 Å². The lowest BCUT2D eigenvalue weighted by molar-refractivity contribution is 0.557. The van der Waals surface area contributed by atoms with Gasteiger partial charge < -0.3 is 0 Å². The van der Waals surface area contributed by atoms with Gasteiger partial charge in [-0.1, -0.05) is 18.2 Å². The van der Waals surface area contributed by atoms with Crippen LogP contribution in [0.25, 0.3) is 0 Å². The van der Waals surface area contributed by atoms with Crippen molar-refractivity contribution in [2.75, 3.05) is 11.5 Å².